The van der Waals surface area contributed by atoms with Crippen molar-refractivity contribution in [3.63, 3.8) is 0 Å². The van der Waals surface area contributed by atoms with Crippen LogP contribution in [-0.2, 0) is 0 Å². The van der Waals surface area contributed by atoms with Crippen LogP contribution in [0.1, 0.15) is 6.92 Å². The molecule has 56 valence electrons. The van der Waals surface area contributed by atoms with Gasteiger partial charge in [-0.1, -0.05) is 18.2 Å². The zero-order chi connectivity index (χ0) is 8.15. The first-order valence-electron chi connectivity index (χ1n) is 2.64. The van der Waals surface area contributed by atoms with E-state index in [1.807, 2.05) is 0 Å². The van der Waals surface area contributed by atoms with E-state index in [2.05, 4.69) is 11.6 Å². The van der Waals surface area contributed by atoms with Gasteiger partial charge in [-0.3, -0.25) is 0 Å². The second-order valence-corrected chi connectivity index (χ2v) is 2.20. The summed E-state index contributed by atoms with van der Waals surface area (Å²) in [6.07, 6.45) is 1.36. The smallest absolute Gasteiger partial charge is 0.132 e. The van der Waals surface area contributed by atoms with Crippen molar-refractivity contribution >= 4 is 16.8 Å². The first kappa shape index (κ1) is 9.04. The highest BCUT2D eigenvalue weighted by Crippen LogP contribution is 1.95. The lowest BCUT2D eigenvalue weighted by Crippen LogP contribution is -2.08. The van der Waals surface area contributed by atoms with Crippen LogP contribution in [0.3, 0.4) is 0 Å². The van der Waals surface area contributed by atoms with Crippen LogP contribution in [-0.4, -0.2) is 5.17 Å². The lowest BCUT2D eigenvalue weighted by atomic mass is 10.5. The molecule has 0 aromatic rings. The van der Waals surface area contributed by atoms with Crippen molar-refractivity contribution in [2.24, 2.45) is 16.5 Å². The van der Waals surface area contributed by atoms with Gasteiger partial charge in [-0.25, -0.2) is 4.99 Å². The topological polar surface area (TPSA) is 64.4 Å². The molecule has 0 fully saturated rings. The van der Waals surface area contributed by atoms with E-state index in [0.717, 1.165) is 0 Å². The third-order valence-corrected chi connectivity index (χ3v) is 0.777. The molecule has 4 N–H and O–H groups in total. The molecular weight excluding hydrogens is 150 g/mol. The molecule has 0 aromatic heterocycles. The Hall–Kier alpha value is -0.960. The van der Waals surface area contributed by atoms with Gasteiger partial charge in [-0.15, -0.1) is 0 Å². The standard InChI is InChI=1S/C6H10ClN3/c1-4(2)10-5(7)3-6(8)9/h3H,1,8-9H2,2H3/b10-5+. The number of nitrogens with two attached hydrogens (primary N) is 2. The molecule has 0 aliphatic carbocycles. The van der Waals surface area contributed by atoms with Crippen molar-refractivity contribution in [3.8, 4) is 0 Å². The molecule has 4 heteroatoms. The van der Waals surface area contributed by atoms with Crippen LogP contribution in [0, 0.1) is 0 Å². The molecule has 0 radical (unpaired) electrons. The number of rotatable bonds is 2. The molecule has 0 spiro atoms. The number of halogens is 1. The molecule has 0 aromatic carbocycles. The van der Waals surface area contributed by atoms with Gasteiger partial charge in [0, 0.05) is 11.8 Å². The Kier molecular flexibility index (Phi) is 3.57. The Morgan fingerprint density at radius 3 is 2.40 bits per heavy atom. The SMILES string of the molecule is C=C(C)/N=C(/Cl)C=C(N)N. The van der Waals surface area contributed by atoms with Crippen molar-refractivity contribution in [2.45, 2.75) is 6.92 Å². The van der Waals surface area contributed by atoms with E-state index < -0.39 is 0 Å². The molecule has 0 heterocycles. The van der Waals surface area contributed by atoms with E-state index in [1.165, 1.54) is 6.08 Å². The van der Waals surface area contributed by atoms with E-state index in [0.29, 0.717) is 5.70 Å². The van der Waals surface area contributed by atoms with Gasteiger partial charge in [0.25, 0.3) is 0 Å². The van der Waals surface area contributed by atoms with E-state index in [1.54, 1.807) is 6.92 Å². The minimum Gasteiger partial charge on any atom is -0.386 e. The first-order valence-corrected chi connectivity index (χ1v) is 3.02. The van der Waals surface area contributed by atoms with Gasteiger partial charge in [0.15, 0.2) is 0 Å². The van der Waals surface area contributed by atoms with Crippen molar-refractivity contribution in [1.29, 1.82) is 0 Å². The summed E-state index contributed by atoms with van der Waals surface area (Å²) >= 11 is 5.52. The van der Waals surface area contributed by atoms with E-state index in [9.17, 15) is 0 Å². The second-order valence-electron chi connectivity index (χ2n) is 1.81. The molecular formula is C6H10ClN3. The number of aliphatic imine (C=N–C) groups is 1. The van der Waals surface area contributed by atoms with Crippen molar-refractivity contribution in [3.05, 3.63) is 24.2 Å². The minimum absolute atomic E-state index is 0.134. The Labute approximate surface area is 65.1 Å². The maximum atomic E-state index is 5.52. The Balaban J connectivity index is 4.22. The van der Waals surface area contributed by atoms with Crippen LogP contribution < -0.4 is 11.5 Å². The zero-order valence-corrected chi connectivity index (χ0v) is 6.52. The van der Waals surface area contributed by atoms with Gasteiger partial charge in [0.1, 0.15) is 5.17 Å². The highest BCUT2D eigenvalue weighted by Gasteiger charge is 1.87. The number of allylic oxidation sites excluding steroid dienone is 2. The van der Waals surface area contributed by atoms with Gasteiger partial charge in [-0.2, -0.15) is 0 Å². The molecule has 0 amide bonds. The number of hydrogen-bond donors (Lipinski definition) is 2. The third kappa shape index (κ3) is 5.18. The van der Waals surface area contributed by atoms with Crippen LogP contribution in [0.4, 0.5) is 0 Å². The summed E-state index contributed by atoms with van der Waals surface area (Å²) in [4.78, 5) is 3.77. The first-order chi connectivity index (χ1) is 4.52. The fourth-order valence-corrected chi connectivity index (χ4v) is 0.622. The van der Waals surface area contributed by atoms with Gasteiger partial charge >= 0.3 is 0 Å². The van der Waals surface area contributed by atoms with Crippen LogP contribution in [0.2, 0.25) is 0 Å². The molecule has 3 nitrogen and oxygen atoms in total. The molecule has 0 unspecified atom stereocenters. The molecule has 0 rings (SSSR count). The number of hydrogen-bond acceptors (Lipinski definition) is 3. The predicted octanol–water partition coefficient (Wildman–Crippen LogP) is 0.916. The normalized spacial score (nSPS) is 10.8. The predicted molar refractivity (Wildman–Crippen MR) is 44.6 cm³/mol. The quantitative estimate of drug-likeness (QED) is 0.589. The molecule has 0 saturated heterocycles. The number of nitrogens with zero attached hydrogens (tertiary/aromatic N) is 1. The molecule has 0 bridgehead atoms. The molecule has 10 heavy (non-hydrogen) atoms. The Morgan fingerprint density at radius 1 is 1.60 bits per heavy atom. The average molecular weight is 160 g/mol. The van der Waals surface area contributed by atoms with Crippen LogP contribution in [0.15, 0.2) is 29.2 Å². The van der Waals surface area contributed by atoms with Gasteiger partial charge in [0.2, 0.25) is 0 Å². The van der Waals surface area contributed by atoms with E-state index in [4.69, 9.17) is 23.1 Å². The van der Waals surface area contributed by atoms with Crippen LogP contribution in [0.5, 0.6) is 0 Å². The summed E-state index contributed by atoms with van der Waals surface area (Å²) < 4.78 is 0. The average Bonchev–Trinajstić information content (AvgIpc) is 1.58. The summed E-state index contributed by atoms with van der Waals surface area (Å²) in [5.74, 6) is 0.134. The zero-order valence-electron chi connectivity index (χ0n) is 5.76. The second kappa shape index (κ2) is 3.95. The van der Waals surface area contributed by atoms with Crippen molar-refractivity contribution < 1.29 is 0 Å². The van der Waals surface area contributed by atoms with Gasteiger partial charge in [-0.05, 0) is 6.92 Å². The summed E-state index contributed by atoms with van der Waals surface area (Å²) in [7, 11) is 0. The largest absolute Gasteiger partial charge is 0.386 e. The minimum atomic E-state index is 0.134. The highest BCUT2D eigenvalue weighted by molar-refractivity contribution is 6.68. The summed E-state index contributed by atoms with van der Waals surface area (Å²) in [5.41, 5.74) is 10.8. The molecule has 0 atom stereocenters. The van der Waals surface area contributed by atoms with Crippen molar-refractivity contribution in [2.75, 3.05) is 0 Å². The molecule has 0 aliphatic rings. The lowest BCUT2D eigenvalue weighted by Gasteiger charge is -1.90. The summed E-state index contributed by atoms with van der Waals surface area (Å²) in [6.45, 7) is 5.24. The lowest BCUT2D eigenvalue weighted by molar-refractivity contribution is 1.25. The maximum absolute atomic E-state index is 5.52. The maximum Gasteiger partial charge on any atom is 0.132 e. The van der Waals surface area contributed by atoms with Crippen LogP contribution in [0.25, 0.3) is 0 Å². The summed E-state index contributed by atoms with van der Waals surface area (Å²) in [5, 5.41) is 0.243. The molecule has 0 aliphatic heterocycles. The van der Waals surface area contributed by atoms with E-state index in [-0.39, 0.29) is 11.0 Å². The Bertz CT molecular complexity index is 189. The summed E-state index contributed by atoms with van der Waals surface area (Å²) in [6, 6.07) is 0. The fraction of sp³-hybridized carbons (Fsp3) is 0.167. The van der Waals surface area contributed by atoms with Crippen LogP contribution >= 0.6 is 11.6 Å². The highest BCUT2D eigenvalue weighted by atomic mass is 35.5. The van der Waals surface area contributed by atoms with Gasteiger partial charge < -0.3 is 11.5 Å². The van der Waals surface area contributed by atoms with Gasteiger partial charge in [0.05, 0.1) is 5.82 Å². The molecule has 0 saturated carbocycles. The fourth-order valence-electron chi connectivity index (χ4n) is 0.352. The Morgan fingerprint density at radius 2 is 2.10 bits per heavy atom. The monoisotopic (exact) mass is 159 g/mol. The third-order valence-electron chi connectivity index (χ3n) is 0.583. The van der Waals surface area contributed by atoms with E-state index >= 15 is 0 Å². The van der Waals surface area contributed by atoms with Crippen molar-refractivity contribution in [1.82, 2.24) is 0 Å².